The maximum atomic E-state index is 12.4. The Kier molecular flexibility index (Phi) is 8.40. The molecule has 146 valence electrons. The fourth-order valence-corrected chi connectivity index (χ4v) is 2.61. The number of amides is 2. The van der Waals surface area contributed by atoms with E-state index in [0.717, 1.165) is 5.56 Å². The summed E-state index contributed by atoms with van der Waals surface area (Å²) < 4.78 is 5.19. The van der Waals surface area contributed by atoms with Gasteiger partial charge in [0.25, 0.3) is 11.8 Å². The van der Waals surface area contributed by atoms with Gasteiger partial charge in [-0.05, 0) is 30.2 Å². The molecule has 0 fully saturated rings. The number of hydrogen-bond acceptors (Lipinski definition) is 4. The average Bonchev–Trinajstić information content (AvgIpc) is 2.62. The number of nitrogens with zero attached hydrogens (tertiary/aromatic N) is 1. The highest BCUT2D eigenvalue weighted by molar-refractivity contribution is 6.33. The predicted octanol–water partition coefficient (Wildman–Crippen LogP) is 3.03. The average molecular weight is 412 g/mol. The fourth-order valence-electron chi connectivity index (χ4n) is 2.45. The Bertz CT molecular complexity index is 826. The number of halogens is 2. The summed E-state index contributed by atoms with van der Waals surface area (Å²) in [5.41, 5.74) is 7.97. The predicted molar refractivity (Wildman–Crippen MR) is 110 cm³/mol. The van der Waals surface area contributed by atoms with Crippen LogP contribution in [-0.4, -0.2) is 44.5 Å². The van der Waals surface area contributed by atoms with Crippen LogP contribution in [0, 0.1) is 0 Å². The van der Waals surface area contributed by atoms with Crippen molar-refractivity contribution in [2.75, 3.05) is 33.5 Å². The molecule has 0 radical (unpaired) electrons. The van der Waals surface area contributed by atoms with Crippen LogP contribution in [-0.2, 0) is 6.42 Å². The summed E-state index contributed by atoms with van der Waals surface area (Å²) in [5, 5.41) is 3.12. The number of hydrogen-bond donors (Lipinski definition) is 2. The molecule has 0 aliphatic heterocycles. The van der Waals surface area contributed by atoms with Crippen molar-refractivity contribution < 1.29 is 14.3 Å². The van der Waals surface area contributed by atoms with Crippen molar-refractivity contribution >= 4 is 41.5 Å². The molecule has 2 aromatic carbocycles. The van der Waals surface area contributed by atoms with Crippen molar-refractivity contribution in [2.45, 2.75) is 6.42 Å². The molecule has 6 nitrogen and oxygen atoms in total. The third-order valence-corrected chi connectivity index (χ3v) is 4.17. The van der Waals surface area contributed by atoms with Crippen molar-refractivity contribution in [3.63, 3.8) is 0 Å². The van der Waals surface area contributed by atoms with E-state index >= 15 is 0 Å². The molecule has 0 saturated heterocycles. The van der Waals surface area contributed by atoms with Gasteiger partial charge in [0, 0.05) is 32.3 Å². The van der Waals surface area contributed by atoms with Crippen LogP contribution >= 0.6 is 24.0 Å². The number of nitrogen functional groups attached to an aromatic ring is 1. The van der Waals surface area contributed by atoms with Crippen LogP contribution in [0.3, 0.4) is 0 Å². The van der Waals surface area contributed by atoms with Crippen LogP contribution in [0.15, 0.2) is 36.4 Å². The molecule has 0 aliphatic rings. The Balaban J connectivity index is 0.00000364. The van der Waals surface area contributed by atoms with Crippen molar-refractivity contribution in [3.05, 3.63) is 58.1 Å². The Morgan fingerprint density at radius 3 is 2.56 bits per heavy atom. The van der Waals surface area contributed by atoms with Gasteiger partial charge in [-0.25, -0.2) is 0 Å². The van der Waals surface area contributed by atoms with Crippen LogP contribution in [0.4, 0.5) is 5.69 Å². The normalized spacial score (nSPS) is 9.93. The van der Waals surface area contributed by atoms with Crippen LogP contribution < -0.4 is 15.8 Å². The van der Waals surface area contributed by atoms with E-state index in [1.165, 1.54) is 24.1 Å². The summed E-state index contributed by atoms with van der Waals surface area (Å²) in [6, 6.07) is 10.4. The second-order valence-corrected chi connectivity index (χ2v) is 6.39. The summed E-state index contributed by atoms with van der Waals surface area (Å²) in [7, 11) is 4.88. The maximum Gasteiger partial charge on any atom is 0.255 e. The minimum absolute atomic E-state index is 0. The molecule has 0 heterocycles. The van der Waals surface area contributed by atoms with Gasteiger partial charge >= 0.3 is 0 Å². The minimum atomic E-state index is -0.302. The van der Waals surface area contributed by atoms with Gasteiger partial charge in [-0.2, -0.15) is 0 Å². The van der Waals surface area contributed by atoms with E-state index in [1.807, 2.05) is 18.2 Å². The third-order valence-electron chi connectivity index (χ3n) is 3.84. The first-order valence-corrected chi connectivity index (χ1v) is 8.43. The molecular weight excluding hydrogens is 389 g/mol. The lowest BCUT2D eigenvalue weighted by molar-refractivity contribution is 0.0827. The Morgan fingerprint density at radius 1 is 1.22 bits per heavy atom. The maximum absolute atomic E-state index is 12.4. The van der Waals surface area contributed by atoms with Gasteiger partial charge in [0.05, 0.1) is 23.4 Å². The molecule has 27 heavy (non-hydrogen) atoms. The Morgan fingerprint density at radius 2 is 1.93 bits per heavy atom. The van der Waals surface area contributed by atoms with E-state index in [2.05, 4.69) is 5.32 Å². The fraction of sp³-hybridized carbons (Fsp3) is 0.263. The van der Waals surface area contributed by atoms with E-state index in [4.69, 9.17) is 22.1 Å². The minimum Gasteiger partial charge on any atom is -0.496 e. The molecule has 0 spiro atoms. The highest BCUT2D eigenvalue weighted by atomic mass is 35.5. The highest BCUT2D eigenvalue weighted by Crippen LogP contribution is 2.28. The SMILES string of the molecule is COc1cc(N)c(Cl)cc1C(=O)NCCc1cccc(C(=O)N(C)C)c1.Cl. The number of carbonyl (C=O) groups excluding carboxylic acids is 2. The van der Waals surface area contributed by atoms with Crippen LogP contribution in [0.1, 0.15) is 26.3 Å². The highest BCUT2D eigenvalue weighted by Gasteiger charge is 2.15. The molecular formula is C19H23Cl2N3O3. The number of ether oxygens (including phenoxy) is 1. The summed E-state index contributed by atoms with van der Waals surface area (Å²) >= 11 is 5.99. The second-order valence-electron chi connectivity index (χ2n) is 5.98. The summed E-state index contributed by atoms with van der Waals surface area (Å²) in [6.45, 7) is 0.406. The molecule has 8 heteroatoms. The molecule has 0 unspecified atom stereocenters. The molecule has 3 N–H and O–H groups in total. The lowest BCUT2D eigenvalue weighted by Crippen LogP contribution is -2.26. The van der Waals surface area contributed by atoms with Crippen molar-refractivity contribution in [1.29, 1.82) is 0 Å². The Hall–Kier alpha value is -2.44. The second kappa shape index (κ2) is 10.0. The van der Waals surface area contributed by atoms with Gasteiger partial charge in [-0.3, -0.25) is 9.59 Å². The quantitative estimate of drug-likeness (QED) is 0.715. The number of nitrogens with two attached hydrogens (primary N) is 1. The molecule has 0 atom stereocenters. The van der Waals surface area contributed by atoms with Gasteiger partial charge in [-0.1, -0.05) is 23.7 Å². The molecule has 0 aromatic heterocycles. The number of anilines is 1. The molecule has 0 bridgehead atoms. The lowest BCUT2D eigenvalue weighted by Gasteiger charge is -2.12. The molecule has 0 aliphatic carbocycles. The number of rotatable bonds is 6. The van der Waals surface area contributed by atoms with Gasteiger partial charge in [0.1, 0.15) is 5.75 Å². The Labute approximate surface area is 170 Å². The van der Waals surface area contributed by atoms with Crippen molar-refractivity contribution in [3.8, 4) is 5.75 Å². The van der Waals surface area contributed by atoms with Gasteiger partial charge < -0.3 is 20.7 Å². The third kappa shape index (κ3) is 5.77. The summed E-state index contributed by atoms with van der Waals surface area (Å²) in [6.07, 6.45) is 0.589. The van der Waals surface area contributed by atoms with E-state index in [9.17, 15) is 9.59 Å². The van der Waals surface area contributed by atoms with E-state index < -0.39 is 0 Å². The first-order valence-electron chi connectivity index (χ1n) is 8.05. The van der Waals surface area contributed by atoms with Gasteiger partial charge in [0.15, 0.2) is 0 Å². The zero-order chi connectivity index (χ0) is 19.3. The van der Waals surface area contributed by atoms with E-state index in [1.54, 1.807) is 20.2 Å². The number of methoxy groups -OCH3 is 1. The number of nitrogens with one attached hydrogen (secondary N) is 1. The number of benzene rings is 2. The van der Waals surface area contributed by atoms with Crippen molar-refractivity contribution in [1.82, 2.24) is 10.2 Å². The lowest BCUT2D eigenvalue weighted by atomic mass is 10.1. The van der Waals surface area contributed by atoms with Crippen LogP contribution in [0.5, 0.6) is 5.75 Å². The smallest absolute Gasteiger partial charge is 0.255 e. The largest absolute Gasteiger partial charge is 0.496 e. The summed E-state index contributed by atoms with van der Waals surface area (Å²) in [5.74, 6) is 0.00406. The summed E-state index contributed by atoms with van der Waals surface area (Å²) in [4.78, 5) is 25.9. The standard InChI is InChI=1S/C19H22ClN3O3.ClH/c1-23(2)19(25)13-6-4-5-12(9-13)7-8-22-18(24)14-10-15(20)16(21)11-17(14)26-3;/h4-6,9-11H,7-8,21H2,1-3H3,(H,22,24);1H. The molecule has 0 saturated carbocycles. The molecule has 2 rings (SSSR count). The van der Waals surface area contributed by atoms with E-state index in [-0.39, 0.29) is 24.2 Å². The topological polar surface area (TPSA) is 84.7 Å². The zero-order valence-corrected chi connectivity index (χ0v) is 17.0. The first kappa shape index (κ1) is 22.6. The van der Waals surface area contributed by atoms with Gasteiger partial charge in [-0.15, -0.1) is 12.4 Å². The zero-order valence-electron chi connectivity index (χ0n) is 15.4. The van der Waals surface area contributed by atoms with Crippen molar-refractivity contribution in [2.24, 2.45) is 0 Å². The molecule has 2 amide bonds. The first-order chi connectivity index (χ1) is 12.3. The van der Waals surface area contributed by atoms with Crippen LogP contribution in [0.25, 0.3) is 0 Å². The number of carbonyl (C=O) groups is 2. The molecule has 2 aromatic rings. The van der Waals surface area contributed by atoms with E-state index in [0.29, 0.717) is 40.6 Å². The monoisotopic (exact) mass is 411 g/mol. The van der Waals surface area contributed by atoms with Crippen LogP contribution in [0.2, 0.25) is 5.02 Å². The van der Waals surface area contributed by atoms with Gasteiger partial charge in [0.2, 0.25) is 0 Å².